The van der Waals surface area contributed by atoms with Crippen LogP contribution in [0.5, 0.6) is 0 Å². The molecule has 2 heterocycles. The molecule has 1 aliphatic carbocycles. The molecule has 0 spiro atoms. The maximum Gasteiger partial charge on any atom is 0.225 e. The van der Waals surface area contributed by atoms with Crippen LogP contribution in [0, 0.1) is 6.92 Å². The van der Waals surface area contributed by atoms with Crippen LogP contribution in [0.1, 0.15) is 36.8 Å². The van der Waals surface area contributed by atoms with Crippen molar-refractivity contribution in [1.82, 2.24) is 15.0 Å². The normalized spacial score (nSPS) is 14.3. The van der Waals surface area contributed by atoms with Crippen molar-refractivity contribution in [1.29, 1.82) is 0 Å². The van der Waals surface area contributed by atoms with E-state index < -0.39 is 0 Å². The van der Waals surface area contributed by atoms with Gasteiger partial charge in [0, 0.05) is 24.8 Å². The fourth-order valence-corrected chi connectivity index (χ4v) is 3.49. The Labute approximate surface area is 160 Å². The van der Waals surface area contributed by atoms with Gasteiger partial charge in [0.15, 0.2) is 0 Å². The molecule has 2 N–H and O–H groups in total. The monoisotopic (exact) mass is 359 g/mol. The van der Waals surface area contributed by atoms with Crippen LogP contribution in [0.2, 0.25) is 0 Å². The van der Waals surface area contributed by atoms with E-state index in [0.717, 1.165) is 23.8 Å². The Morgan fingerprint density at radius 3 is 2.56 bits per heavy atom. The molecule has 0 radical (unpaired) electrons. The van der Waals surface area contributed by atoms with Crippen molar-refractivity contribution >= 4 is 11.8 Å². The molecule has 0 unspecified atom stereocenters. The van der Waals surface area contributed by atoms with Gasteiger partial charge in [0.25, 0.3) is 0 Å². The molecule has 2 aromatic heterocycles. The van der Waals surface area contributed by atoms with E-state index in [-0.39, 0.29) is 0 Å². The van der Waals surface area contributed by atoms with Gasteiger partial charge in [-0.1, -0.05) is 43.2 Å². The summed E-state index contributed by atoms with van der Waals surface area (Å²) < 4.78 is 0. The smallest absolute Gasteiger partial charge is 0.225 e. The van der Waals surface area contributed by atoms with Crippen LogP contribution >= 0.6 is 0 Å². The minimum atomic E-state index is 0.466. The Morgan fingerprint density at radius 1 is 0.963 bits per heavy atom. The van der Waals surface area contributed by atoms with E-state index in [1.165, 1.54) is 36.8 Å². The largest absolute Gasteiger partial charge is 0.366 e. The summed E-state index contributed by atoms with van der Waals surface area (Å²) in [5, 5.41) is 6.97. The first-order valence-corrected chi connectivity index (χ1v) is 9.63. The van der Waals surface area contributed by atoms with Crippen molar-refractivity contribution < 1.29 is 0 Å². The molecule has 0 aliphatic heterocycles. The number of hydrogen-bond acceptors (Lipinski definition) is 5. The van der Waals surface area contributed by atoms with Crippen molar-refractivity contribution in [3.8, 4) is 11.4 Å². The van der Waals surface area contributed by atoms with Crippen LogP contribution in [0.3, 0.4) is 0 Å². The first-order valence-electron chi connectivity index (χ1n) is 9.63. The fourth-order valence-electron chi connectivity index (χ4n) is 3.49. The molecule has 1 aromatic carbocycles. The molecule has 5 nitrogen and oxygen atoms in total. The summed E-state index contributed by atoms with van der Waals surface area (Å²) in [6, 6.07) is 16.7. The van der Waals surface area contributed by atoms with Crippen molar-refractivity contribution in [2.45, 2.75) is 45.2 Å². The summed E-state index contributed by atoms with van der Waals surface area (Å²) in [6.45, 7) is 2.86. The predicted molar refractivity (Wildman–Crippen MR) is 110 cm³/mol. The standard InChI is InChI=1S/C22H25N5/c1-16-8-2-3-9-17(16)15-24-21-14-20(19-12-6-7-13-23-19)26-22(27-21)25-18-10-4-5-11-18/h2-3,6-9,12-14,18H,4-5,10-11,15H2,1H3,(H2,24,25,26,27). The van der Waals surface area contributed by atoms with Gasteiger partial charge in [-0.2, -0.15) is 4.98 Å². The highest BCUT2D eigenvalue weighted by atomic mass is 15.2. The summed E-state index contributed by atoms with van der Waals surface area (Å²) >= 11 is 0. The molecule has 0 atom stereocenters. The van der Waals surface area contributed by atoms with Crippen LogP contribution in [-0.4, -0.2) is 21.0 Å². The number of benzene rings is 1. The summed E-state index contributed by atoms with van der Waals surface area (Å²) in [7, 11) is 0. The third kappa shape index (κ3) is 4.42. The molecule has 0 amide bonds. The molecular weight excluding hydrogens is 334 g/mol. The number of hydrogen-bond donors (Lipinski definition) is 2. The summed E-state index contributed by atoms with van der Waals surface area (Å²) in [5.74, 6) is 1.49. The Hall–Kier alpha value is -2.95. The highest BCUT2D eigenvalue weighted by Crippen LogP contribution is 2.24. The van der Waals surface area contributed by atoms with Crippen LogP contribution < -0.4 is 10.6 Å². The Balaban J connectivity index is 1.59. The van der Waals surface area contributed by atoms with E-state index in [9.17, 15) is 0 Å². The number of nitrogens with one attached hydrogen (secondary N) is 2. The second kappa shape index (κ2) is 8.16. The second-order valence-electron chi connectivity index (χ2n) is 7.08. The van der Waals surface area contributed by atoms with E-state index in [4.69, 9.17) is 9.97 Å². The molecule has 5 heteroatoms. The van der Waals surface area contributed by atoms with Gasteiger partial charge in [0.2, 0.25) is 5.95 Å². The first kappa shape index (κ1) is 17.5. The van der Waals surface area contributed by atoms with Crippen molar-refractivity contribution in [2.24, 2.45) is 0 Å². The lowest BCUT2D eigenvalue weighted by molar-refractivity contribution is 0.744. The summed E-state index contributed by atoms with van der Waals surface area (Å²) in [5.41, 5.74) is 4.22. The second-order valence-corrected chi connectivity index (χ2v) is 7.08. The van der Waals surface area contributed by atoms with Crippen molar-refractivity contribution in [2.75, 3.05) is 10.6 Å². The number of aromatic nitrogens is 3. The maximum absolute atomic E-state index is 4.71. The molecular formula is C22H25N5. The van der Waals surface area contributed by atoms with Gasteiger partial charge < -0.3 is 10.6 Å². The zero-order valence-corrected chi connectivity index (χ0v) is 15.7. The topological polar surface area (TPSA) is 62.7 Å². The van der Waals surface area contributed by atoms with Gasteiger partial charge >= 0.3 is 0 Å². The van der Waals surface area contributed by atoms with Gasteiger partial charge in [-0.3, -0.25) is 4.98 Å². The van der Waals surface area contributed by atoms with Crippen molar-refractivity contribution in [3.05, 3.63) is 65.9 Å². The zero-order chi connectivity index (χ0) is 18.5. The average Bonchev–Trinajstić information content (AvgIpc) is 3.21. The van der Waals surface area contributed by atoms with Gasteiger partial charge in [-0.25, -0.2) is 4.98 Å². The number of rotatable bonds is 6. The molecule has 1 aliphatic rings. The molecule has 0 saturated heterocycles. The minimum absolute atomic E-state index is 0.466. The third-order valence-corrected chi connectivity index (χ3v) is 5.06. The molecule has 4 rings (SSSR count). The van der Waals surface area contributed by atoms with E-state index in [0.29, 0.717) is 12.0 Å². The highest BCUT2D eigenvalue weighted by molar-refractivity contribution is 5.61. The molecule has 0 bridgehead atoms. The lowest BCUT2D eigenvalue weighted by atomic mass is 10.1. The number of pyridine rings is 1. The maximum atomic E-state index is 4.71. The quantitative estimate of drug-likeness (QED) is 0.661. The Bertz CT molecular complexity index is 888. The van der Waals surface area contributed by atoms with Crippen LogP contribution in [-0.2, 0) is 6.54 Å². The molecule has 3 aromatic rings. The SMILES string of the molecule is Cc1ccccc1CNc1cc(-c2ccccn2)nc(NC2CCCC2)n1. The van der Waals surface area contributed by atoms with E-state index >= 15 is 0 Å². The van der Waals surface area contributed by atoms with Gasteiger partial charge in [0.1, 0.15) is 5.82 Å². The number of anilines is 2. The average molecular weight is 359 g/mol. The Kier molecular flexibility index (Phi) is 5.28. The van der Waals surface area contributed by atoms with E-state index in [1.54, 1.807) is 6.20 Å². The van der Waals surface area contributed by atoms with Crippen LogP contribution in [0.25, 0.3) is 11.4 Å². The molecule has 27 heavy (non-hydrogen) atoms. The minimum Gasteiger partial charge on any atom is -0.366 e. The summed E-state index contributed by atoms with van der Waals surface area (Å²) in [4.78, 5) is 13.9. The van der Waals surface area contributed by atoms with Gasteiger partial charge in [-0.05, 0) is 43.0 Å². The van der Waals surface area contributed by atoms with Crippen LogP contribution in [0.4, 0.5) is 11.8 Å². The summed E-state index contributed by atoms with van der Waals surface area (Å²) in [6.07, 6.45) is 6.71. The lowest BCUT2D eigenvalue weighted by Crippen LogP contribution is -2.17. The molecule has 1 saturated carbocycles. The van der Waals surface area contributed by atoms with Crippen LogP contribution in [0.15, 0.2) is 54.7 Å². The van der Waals surface area contributed by atoms with E-state index in [1.807, 2.05) is 24.3 Å². The molecule has 1 fully saturated rings. The Morgan fingerprint density at radius 2 is 1.78 bits per heavy atom. The number of nitrogens with zero attached hydrogens (tertiary/aromatic N) is 3. The lowest BCUT2D eigenvalue weighted by Gasteiger charge is -2.15. The molecule has 138 valence electrons. The zero-order valence-electron chi connectivity index (χ0n) is 15.7. The van der Waals surface area contributed by atoms with E-state index in [2.05, 4.69) is 46.8 Å². The fraction of sp³-hybridized carbons (Fsp3) is 0.318. The third-order valence-electron chi connectivity index (χ3n) is 5.06. The number of aryl methyl sites for hydroxylation is 1. The van der Waals surface area contributed by atoms with Gasteiger partial charge in [-0.15, -0.1) is 0 Å². The first-order chi connectivity index (χ1) is 13.3. The van der Waals surface area contributed by atoms with Gasteiger partial charge in [0.05, 0.1) is 11.4 Å². The highest BCUT2D eigenvalue weighted by Gasteiger charge is 2.17. The van der Waals surface area contributed by atoms with Crippen molar-refractivity contribution in [3.63, 3.8) is 0 Å². The predicted octanol–water partition coefficient (Wildman–Crippen LogP) is 4.81.